The van der Waals surface area contributed by atoms with Crippen LogP contribution < -0.4 is 5.73 Å². The number of amidine groups is 1. The Labute approximate surface area is 149 Å². The van der Waals surface area contributed by atoms with Gasteiger partial charge in [0.2, 0.25) is 5.75 Å². The standard InChI is InChI=1S/C17H18N4O3S/c1-2-12-8-14(16(22)15(9-12)21(23)24)10-19-20-17(18)25-11-13-6-4-3-5-7-13/h3-10,22H,2,11H2,1H3,(H2,18,20). The smallest absolute Gasteiger partial charge is 0.311 e. The summed E-state index contributed by atoms with van der Waals surface area (Å²) in [4.78, 5) is 10.4. The summed E-state index contributed by atoms with van der Waals surface area (Å²) in [6, 6.07) is 12.8. The van der Waals surface area contributed by atoms with Gasteiger partial charge in [0.1, 0.15) is 0 Å². The van der Waals surface area contributed by atoms with E-state index in [-0.39, 0.29) is 16.4 Å². The molecule has 130 valence electrons. The van der Waals surface area contributed by atoms with Crippen LogP contribution in [-0.2, 0) is 12.2 Å². The molecule has 0 spiro atoms. The van der Waals surface area contributed by atoms with Crippen molar-refractivity contribution in [1.82, 2.24) is 0 Å². The molecule has 3 N–H and O–H groups in total. The molecule has 2 aromatic carbocycles. The topological polar surface area (TPSA) is 114 Å². The first kappa shape index (κ1) is 18.5. The molecule has 7 nitrogen and oxygen atoms in total. The zero-order valence-electron chi connectivity index (χ0n) is 13.6. The number of hydrogen-bond donors (Lipinski definition) is 2. The molecular weight excluding hydrogens is 340 g/mol. The van der Waals surface area contributed by atoms with E-state index in [1.807, 2.05) is 37.3 Å². The summed E-state index contributed by atoms with van der Waals surface area (Å²) in [5, 5.41) is 28.9. The second-order valence-electron chi connectivity index (χ2n) is 5.12. The zero-order valence-corrected chi connectivity index (χ0v) is 14.4. The average molecular weight is 358 g/mol. The van der Waals surface area contributed by atoms with Gasteiger partial charge in [0.25, 0.3) is 0 Å². The third-order valence-corrected chi connectivity index (χ3v) is 4.22. The van der Waals surface area contributed by atoms with Crippen molar-refractivity contribution in [2.45, 2.75) is 19.1 Å². The molecular formula is C17H18N4O3S. The van der Waals surface area contributed by atoms with E-state index in [0.29, 0.717) is 12.2 Å². The minimum atomic E-state index is -0.626. The molecule has 0 atom stereocenters. The van der Waals surface area contributed by atoms with E-state index in [9.17, 15) is 15.2 Å². The maximum absolute atomic E-state index is 11.0. The number of hydrogen-bond acceptors (Lipinski definition) is 6. The Morgan fingerprint density at radius 3 is 2.68 bits per heavy atom. The van der Waals surface area contributed by atoms with Gasteiger partial charge in [0, 0.05) is 17.4 Å². The van der Waals surface area contributed by atoms with Crippen molar-refractivity contribution in [2.24, 2.45) is 15.9 Å². The van der Waals surface area contributed by atoms with Crippen molar-refractivity contribution in [3.8, 4) is 5.75 Å². The molecule has 0 aliphatic carbocycles. The molecule has 2 rings (SSSR count). The molecule has 0 heterocycles. The van der Waals surface area contributed by atoms with E-state index in [1.54, 1.807) is 6.07 Å². The number of nitro groups is 1. The quantitative estimate of drug-likeness (QED) is 0.355. The Morgan fingerprint density at radius 2 is 2.04 bits per heavy atom. The summed E-state index contributed by atoms with van der Waals surface area (Å²) < 4.78 is 0. The highest BCUT2D eigenvalue weighted by atomic mass is 32.2. The number of nitro benzene ring substituents is 1. The third-order valence-electron chi connectivity index (χ3n) is 3.37. The van der Waals surface area contributed by atoms with Gasteiger partial charge in [0.05, 0.1) is 11.1 Å². The summed E-state index contributed by atoms with van der Waals surface area (Å²) in [6.07, 6.45) is 1.86. The number of aryl methyl sites for hydroxylation is 1. The highest BCUT2D eigenvalue weighted by Crippen LogP contribution is 2.30. The lowest BCUT2D eigenvalue weighted by molar-refractivity contribution is -0.385. The predicted octanol–water partition coefficient (Wildman–Crippen LogP) is 3.44. The molecule has 0 saturated carbocycles. The molecule has 0 aliphatic rings. The number of rotatable bonds is 6. The summed E-state index contributed by atoms with van der Waals surface area (Å²) >= 11 is 1.33. The van der Waals surface area contributed by atoms with Gasteiger partial charge >= 0.3 is 5.69 Å². The average Bonchev–Trinajstić information content (AvgIpc) is 2.62. The normalized spacial score (nSPS) is 11.8. The SMILES string of the molecule is CCc1cc(C=NN=C(N)SCc2ccccc2)c(O)c([N+](=O)[O-])c1. The van der Waals surface area contributed by atoms with Crippen LogP contribution in [0, 0.1) is 10.1 Å². The molecule has 0 bridgehead atoms. The van der Waals surface area contributed by atoms with Gasteiger partial charge in [0.15, 0.2) is 5.17 Å². The highest BCUT2D eigenvalue weighted by Gasteiger charge is 2.17. The van der Waals surface area contributed by atoms with Gasteiger partial charge < -0.3 is 10.8 Å². The number of benzene rings is 2. The molecule has 25 heavy (non-hydrogen) atoms. The van der Waals surface area contributed by atoms with Gasteiger partial charge in [-0.2, -0.15) is 5.10 Å². The van der Waals surface area contributed by atoms with Crippen LogP contribution in [0.1, 0.15) is 23.6 Å². The number of thioether (sulfide) groups is 1. The van der Waals surface area contributed by atoms with Crippen LogP contribution >= 0.6 is 11.8 Å². The van der Waals surface area contributed by atoms with Gasteiger partial charge in [-0.05, 0) is 23.6 Å². The second kappa shape index (κ2) is 8.84. The lowest BCUT2D eigenvalue weighted by Crippen LogP contribution is -2.06. The van der Waals surface area contributed by atoms with E-state index < -0.39 is 10.7 Å². The van der Waals surface area contributed by atoms with Crippen molar-refractivity contribution in [3.05, 3.63) is 69.3 Å². The second-order valence-corrected chi connectivity index (χ2v) is 6.12. The van der Waals surface area contributed by atoms with Crippen molar-refractivity contribution in [1.29, 1.82) is 0 Å². The Bertz CT molecular complexity index is 807. The first-order valence-electron chi connectivity index (χ1n) is 7.54. The van der Waals surface area contributed by atoms with E-state index >= 15 is 0 Å². The zero-order chi connectivity index (χ0) is 18.2. The minimum absolute atomic E-state index is 0.232. The summed E-state index contributed by atoms with van der Waals surface area (Å²) in [5.74, 6) is 0.227. The highest BCUT2D eigenvalue weighted by molar-refractivity contribution is 8.13. The predicted molar refractivity (Wildman–Crippen MR) is 101 cm³/mol. The van der Waals surface area contributed by atoms with Gasteiger partial charge in [-0.3, -0.25) is 10.1 Å². The maximum Gasteiger partial charge on any atom is 0.311 e. The van der Waals surface area contributed by atoms with E-state index in [2.05, 4.69) is 10.2 Å². The molecule has 8 heteroatoms. The molecule has 0 amide bonds. The first-order chi connectivity index (χ1) is 12.0. The fraction of sp³-hybridized carbons (Fsp3) is 0.176. The lowest BCUT2D eigenvalue weighted by atomic mass is 10.1. The van der Waals surface area contributed by atoms with Crippen molar-refractivity contribution >= 4 is 28.8 Å². The molecule has 0 saturated heterocycles. The fourth-order valence-corrected chi connectivity index (χ4v) is 2.66. The molecule has 2 aromatic rings. The van der Waals surface area contributed by atoms with E-state index in [4.69, 9.17) is 5.73 Å². The Balaban J connectivity index is 2.10. The van der Waals surface area contributed by atoms with Gasteiger partial charge in [-0.15, -0.1) is 5.10 Å². The van der Waals surface area contributed by atoms with Crippen molar-refractivity contribution in [3.63, 3.8) is 0 Å². The largest absolute Gasteiger partial charge is 0.502 e. The van der Waals surface area contributed by atoms with Gasteiger partial charge in [-0.25, -0.2) is 0 Å². The van der Waals surface area contributed by atoms with Crippen molar-refractivity contribution < 1.29 is 10.0 Å². The minimum Gasteiger partial charge on any atom is -0.502 e. The van der Waals surface area contributed by atoms with Crippen molar-refractivity contribution in [2.75, 3.05) is 0 Å². The molecule has 0 aliphatic heterocycles. The van der Waals surface area contributed by atoms with E-state index in [0.717, 1.165) is 11.1 Å². The first-order valence-corrected chi connectivity index (χ1v) is 8.53. The summed E-state index contributed by atoms with van der Waals surface area (Å²) in [6.45, 7) is 1.87. The molecule has 0 radical (unpaired) electrons. The van der Waals surface area contributed by atoms with Crippen LogP contribution in [0.15, 0.2) is 52.7 Å². The van der Waals surface area contributed by atoms with Crippen LogP contribution in [0.5, 0.6) is 5.75 Å². The molecule has 0 fully saturated rings. The lowest BCUT2D eigenvalue weighted by Gasteiger charge is -2.03. The summed E-state index contributed by atoms with van der Waals surface area (Å²) in [5.41, 5.74) is 7.50. The number of phenols is 1. The monoisotopic (exact) mass is 358 g/mol. The van der Waals surface area contributed by atoms with Crippen LogP contribution in [-0.4, -0.2) is 21.4 Å². The number of nitrogens with zero attached hydrogens (tertiary/aromatic N) is 3. The Morgan fingerprint density at radius 1 is 1.32 bits per heavy atom. The van der Waals surface area contributed by atoms with Crippen LogP contribution in [0.3, 0.4) is 0 Å². The maximum atomic E-state index is 11.0. The number of nitrogens with two attached hydrogens (primary N) is 1. The molecule has 0 unspecified atom stereocenters. The fourth-order valence-electron chi connectivity index (χ4n) is 2.05. The van der Waals surface area contributed by atoms with Gasteiger partial charge in [-0.1, -0.05) is 49.0 Å². The van der Waals surface area contributed by atoms with Crippen LogP contribution in [0.25, 0.3) is 0 Å². The number of phenolic OH excluding ortho intramolecular Hbond substituents is 1. The summed E-state index contributed by atoms with van der Waals surface area (Å²) in [7, 11) is 0. The Hall–Kier alpha value is -2.87. The third kappa shape index (κ3) is 5.32. The number of aromatic hydroxyl groups is 1. The Kier molecular flexibility index (Phi) is 6.53. The van der Waals surface area contributed by atoms with Crippen LogP contribution in [0.2, 0.25) is 0 Å². The van der Waals surface area contributed by atoms with E-state index in [1.165, 1.54) is 24.0 Å². The van der Waals surface area contributed by atoms with Crippen LogP contribution in [0.4, 0.5) is 5.69 Å². The molecule has 0 aromatic heterocycles.